The minimum atomic E-state index is -2.93. The fraction of sp³-hybridized carbons (Fsp3) is 0.375. The predicted octanol–water partition coefficient (Wildman–Crippen LogP) is 3.81. The van der Waals surface area contributed by atoms with Gasteiger partial charge in [0, 0.05) is 30.4 Å². The molecule has 128 valence electrons. The Morgan fingerprint density at radius 1 is 1.29 bits per heavy atom. The zero-order valence-corrected chi connectivity index (χ0v) is 13.7. The van der Waals surface area contributed by atoms with Crippen molar-refractivity contribution in [1.29, 1.82) is 0 Å². The predicted molar refractivity (Wildman–Crippen MR) is 90.9 cm³/mol. The maximum atomic E-state index is 12.5. The quantitative estimate of drug-likeness (QED) is 0.912. The highest BCUT2D eigenvalue weighted by atomic mass is 32.2. The van der Waals surface area contributed by atoms with Gasteiger partial charge in [0.05, 0.1) is 5.69 Å². The molecule has 1 saturated heterocycles. The Labute approximate surface area is 142 Å². The van der Waals surface area contributed by atoms with Crippen LogP contribution in [0.15, 0.2) is 30.5 Å². The molecule has 1 aliphatic heterocycles. The molecule has 0 saturated carbocycles. The van der Waals surface area contributed by atoms with E-state index in [2.05, 4.69) is 15.0 Å². The molecule has 1 aliphatic rings. The van der Waals surface area contributed by atoms with Crippen LogP contribution in [0.3, 0.4) is 0 Å². The summed E-state index contributed by atoms with van der Waals surface area (Å²) in [5.74, 6) is 1.96. The SMILES string of the molecule is O=C(Nc1ccc(OC(F)F)c2ncccc12)N1CCCSCC1. The van der Waals surface area contributed by atoms with Crippen LogP contribution < -0.4 is 10.1 Å². The molecule has 1 aromatic heterocycles. The summed E-state index contributed by atoms with van der Waals surface area (Å²) in [5.41, 5.74) is 0.823. The van der Waals surface area contributed by atoms with Crippen molar-refractivity contribution in [3.63, 3.8) is 0 Å². The molecule has 3 rings (SSSR count). The Morgan fingerprint density at radius 3 is 3.00 bits per heavy atom. The Kier molecular flexibility index (Phi) is 5.34. The minimum Gasteiger partial charge on any atom is -0.432 e. The van der Waals surface area contributed by atoms with E-state index in [0.717, 1.165) is 17.9 Å². The highest BCUT2D eigenvalue weighted by Gasteiger charge is 2.18. The number of nitrogens with one attached hydrogen (secondary N) is 1. The summed E-state index contributed by atoms with van der Waals surface area (Å²) in [6.07, 6.45) is 2.46. The first-order valence-electron chi connectivity index (χ1n) is 7.61. The van der Waals surface area contributed by atoms with Crippen LogP contribution >= 0.6 is 11.8 Å². The molecule has 0 atom stereocenters. The van der Waals surface area contributed by atoms with Gasteiger partial charge < -0.3 is 15.0 Å². The number of anilines is 1. The van der Waals surface area contributed by atoms with Gasteiger partial charge in [-0.2, -0.15) is 20.5 Å². The number of alkyl halides is 2. The summed E-state index contributed by atoms with van der Waals surface area (Å²) in [5, 5.41) is 3.42. The first kappa shape index (κ1) is 16.8. The molecule has 1 fully saturated rings. The van der Waals surface area contributed by atoms with E-state index in [1.807, 2.05) is 11.8 Å². The Hall–Kier alpha value is -2.09. The van der Waals surface area contributed by atoms with Gasteiger partial charge >= 0.3 is 12.6 Å². The number of aromatic nitrogens is 1. The molecule has 2 amide bonds. The number of hydrogen-bond acceptors (Lipinski definition) is 4. The van der Waals surface area contributed by atoms with Gasteiger partial charge in [-0.05, 0) is 36.4 Å². The Balaban J connectivity index is 1.85. The maximum Gasteiger partial charge on any atom is 0.387 e. The van der Waals surface area contributed by atoms with Crippen LogP contribution in [0.25, 0.3) is 10.9 Å². The third-order valence-electron chi connectivity index (χ3n) is 3.70. The summed E-state index contributed by atoms with van der Waals surface area (Å²) in [7, 11) is 0. The first-order valence-corrected chi connectivity index (χ1v) is 8.77. The standard InChI is InChI=1S/C16H17F2N3O2S/c17-15(18)23-13-5-4-12(11-3-1-6-19-14(11)13)20-16(22)21-7-2-9-24-10-8-21/h1,3-6,15H,2,7-10H2,(H,20,22). The smallest absolute Gasteiger partial charge is 0.387 e. The lowest BCUT2D eigenvalue weighted by Gasteiger charge is -2.21. The van der Waals surface area contributed by atoms with Crippen LogP contribution in [0.5, 0.6) is 5.75 Å². The summed E-state index contributed by atoms with van der Waals surface area (Å²) in [6, 6.07) is 6.17. The number of benzene rings is 1. The second-order valence-electron chi connectivity index (χ2n) is 5.27. The normalized spacial score (nSPS) is 15.4. The van der Waals surface area contributed by atoms with E-state index < -0.39 is 6.61 Å². The number of halogens is 2. The average molecular weight is 353 g/mol. The van der Waals surface area contributed by atoms with Gasteiger partial charge in [-0.25, -0.2) is 4.79 Å². The number of carbonyl (C=O) groups excluding carboxylic acids is 1. The zero-order valence-electron chi connectivity index (χ0n) is 12.9. The van der Waals surface area contributed by atoms with E-state index >= 15 is 0 Å². The fourth-order valence-corrected chi connectivity index (χ4v) is 3.48. The molecule has 1 aromatic carbocycles. The molecule has 0 aliphatic carbocycles. The van der Waals surface area contributed by atoms with Crippen molar-refractivity contribution < 1.29 is 18.3 Å². The van der Waals surface area contributed by atoms with Crippen LogP contribution in [-0.2, 0) is 0 Å². The highest BCUT2D eigenvalue weighted by molar-refractivity contribution is 7.99. The van der Waals surface area contributed by atoms with Crippen molar-refractivity contribution in [2.24, 2.45) is 0 Å². The monoisotopic (exact) mass is 353 g/mol. The second-order valence-corrected chi connectivity index (χ2v) is 6.50. The van der Waals surface area contributed by atoms with Gasteiger partial charge in [0.25, 0.3) is 0 Å². The highest BCUT2D eigenvalue weighted by Crippen LogP contribution is 2.31. The van der Waals surface area contributed by atoms with Crippen molar-refractivity contribution in [1.82, 2.24) is 9.88 Å². The third kappa shape index (κ3) is 3.87. The zero-order chi connectivity index (χ0) is 16.9. The van der Waals surface area contributed by atoms with E-state index in [4.69, 9.17) is 0 Å². The maximum absolute atomic E-state index is 12.5. The molecule has 8 heteroatoms. The second kappa shape index (κ2) is 7.65. The molecule has 0 radical (unpaired) electrons. The van der Waals surface area contributed by atoms with Gasteiger partial charge in [0.1, 0.15) is 5.52 Å². The molecule has 1 N–H and O–H groups in total. The van der Waals surface area contributed by atoms with Crippen LogP contribution in [0.1, 0.15) is 6.42 Å². The van der Waals surface area contributed by atoms with E-state index in [0.29, 0.717) is 29.7 Å². The number of carbonyl (C=O) groups is 1. The van der Waals surface area contributed by atoms with Crippen molar-refractivity contribution in [3.8, 4) is 5.75 Å². The molecule has 0 unspecified atom stereocenters. The number of thioether (sulfide) groups is 1. The number of ether oxygens (including phenoxy) is 1. The Morgan fingerprint density at radius 2 is 2.17 bits per heavy atom. The summed E-state index contributed by atoms with van der Waals surface area (Å²) in [4.78, 5) is 18.3. The molecule has 2 heterocycles. The van der Waals surface area contributed by atoms with Gasteiger partial charge in [-0.1, -0.05) is 0 Å². The topological polar surface area (TPSA) is 54.5 Å². The van der Waals surface area contributed by atoms with E-state index in [1.165, 1.54) is 12.3 Å². The van der Waals surface area contributed by atoms with Crippen LogP contribution in [0.4, 0.5) is 19.3 Å². The number of hydrogen-bond donors (Lipinski definition) is 1. The first-order chi connectivity index (χ1) is 11.6. The van der Waals surface area contributed by atoms with Crippen molar-refractivity contribution >= 4 is 34.4 Å². The molecule has 0 spiro atoms. The van der Waals surface area contributed by atoms with Crippen LogP contribution in [-0.4, -0.2) is 47.1 Å². The van der Waals surface area contributed by atoms with E-state index in [1.54, 1.807) is 23.1 Å². The van der Waals surface area contributed by atoms with Crippen molar-refractivity contribution in [2.75, 3.05) is 29.9 Å². The molecule has 2 aromatic rings. The van der Waals surface area contributed by atoms with E-state index in [-0.39, 0.29) is 11.8 Å². The molecular weight excluding hydrogens is 336 g/mol. The molecule has 0 bridgehead atoms. The number of urea groups is 1. The van der Waals surface area contributed by atoms with Crippen LogP contribution in [0, 0.1) is 0 Å². The summed E-state index contributed by atoms with van der Waals surface area (Å²) >= 11 is 1.83. The number of pyridine rings is 1. The average Bonchev–Trinajstić information content (AvgIpc) is 2.86. The van der Waals surface area contributed by atoms with Crippen LogP contribution in [0.2, 0.25) is 0 Å². The lowest BCUT2D eigenvalue weighted by atomic mass is 10.1. The van der Waals surface area contributed by atoms with E-state index in [9.17, 15) is 13.6 Å². The number of nitrogens with zero attached hydrogens (tertiary/aromatic N) is 2. The number of fused-ring (bicyclic) bond motifs is 1. The van der Waals surface area contributed by atoms with Crippen molar-refractivity contribution in [2.45, 2.75) is 13.0 Å². The van der Waals surface area contributed by atoms with Gasteiger partial charge in [0.2, 0.25) is 0 Å². The van der Waals surface area contributed by atoms with Gasteiger partial charge in [0.15, 0.2) is 5.75 Å². The molecule has 5 nitrogen and oxygen atoms in total. The molecule has 24 heavy (non-hydrogen) atoms. The third-order valence-corrected chi connectivity index (χ3v) is 4.75. The number of amides is 2. The van der Waals surface area contributed by atoms with Crippen molar-refractivity contribution in [3.05, 3.63) is 30.5 Å². The Bertz CT molecular complexity index is 722. The largest absolute Gasteiger partial charge is 0.432 e. The van der Waals surface area contributed by atoms with Gasteiger partial charge in [-0.15, -0.1) is 0 Å². The summed E-state index contributed by atoms with van der Waals surface area (Å²) < 4.78 is 29.5. The van der Waals surface area contributed by atoms with Gasteiger partial charge in [-0.3, -0.25) is 4.98 Å². The lowest BCUT2D eigenvalue weighted by molar-refractivity contribution is -0.0489. The number of rotatable bonds is 3. The summed E-state index contributed by atoms with van der Waals surface area (Å²) in [6.45, 7) is -1.52. The lowest BCUT2D eigenvalue weighted by Crippen LogP contribution is -2.36. The minimum absolute atomic E-state index is 0.00947. The fourth-order valence-electron chi connectivity index (χ4n) is 2.59. The molecular formula is C16H17F2N3O2S.